The van der Waals surface area contributed by atoms with E-state index in [1.165, 1.54) is 7.11 Å². The number of likely N-dealkylation sites (tertiary alicyclic amines) is 1. The molecule has 1 saturated carbocycles. The van der Waals surface area contributed by atoms with E-state index in [-0.39, 0.29) is 36.6 Å². The summed E-state index contributed by atoms with van der Waals surface area (Å²) in [6.45, 7) is 5.45. The SMILES string of the molecule is CCOc1cc(C(=O)OC)c(C2CC2)cc1CN1CCC2(CC1)CN(c1ccc(C(=O)NCCO)cc1)C(=O)N2. The van der Waals surface area contributed by atoms with Crippen LogP contribution in [-0.2, 0) is 11.3 Å². The highest BCUT2D eigenvalue weighted by atomic mass is 16.5. The molecule has 0 aromatic heterocycles. The van der Waals surface area contributed by atoms with E-state index in [4.69, 9.17) is 14.6 Å². The van der Waals surface area contributed by atoms with Gasteiger partial charge in [0.2, 0.25) is 0 Å². The molecule has 1 aliphatic carbocycles. The average molecular weight is 551 g/mol. The highest BCUT2D eigenvalue weighted by Crippen LogP contribution is 2.44. The zero-order chi connectivity index (χ0) is 28.3. The first-order chi connectivity index (χ1) is 19.4. The molecule has 0 atom stereocenters. The Morgan fingerprint density at radius 2 is 1.88 bits per heavy atom. The Labute approximate surface area is 234 Å². The molecule has 2 aliphatic heterocycles. The lowest BCUT2D eigenvalue weighted by Crippen LogP contribution is -2.52. The van der Waals surface area contributed by atoms with Crippen LogP contribution in [0, 0.1) is 0 Å². The van der Waals surface area contributed by atoms with Gasteiger partial charge in [0.05, 0.1) is 38.0 Å². The summed E-state index contributed by atoms with van der Waals surface area (Å²) in [5, 5.41) is 14.8. The molecular formula is C30H38N4O6. The fraction of sp³-hybridized carbons (Fsp3) is 0.500. The third-order valence-corrected chi connectivity index (χ3v) is 8.08. The number of nitrogens with one attached hydrogen (secondary N) is 2. The molecular weight excluding hydrogens is 512 g/mol. The predicted molar refractivity (Wildman–Crippen MR) is 150 cm³/mol. The summed E-state index contributed by atoms with van der Waals surface area (Å²) in [7, 11) is 1.41. The number of anilines is 1. The number of hydrogen-bond acceptors (Lipinski definition) is 7. The number of rotatable bonds is 10. The summed E-state index contributed by atoms with van der Waals surface area (Å²) >= 11 is 0. The lowest BCUT2D eigenvalue weighted by molar-refractivity contribution is 0.0598. The minimum atomic E-state index is -0.324. The number of amides is 3. The monoisotopic (exact) mass is 550 g/mol. The number of esters is 1. The summed E-state index contributed by atoms with van der Waals surface area (Å²) in [5.74, 6) is 0.542. The van der Waals surface area contributed by atoms with Gasteiger partial charge in [0.15, 0.2) is 0 Å². The molecule has 3 amide bonds. The first kappa shape index (κ1) is 27.9. The second-order valence-corrected chi connectivity index (χ2v) is 10.8. The van der Waals surface area contributed by atoms with E-state index in [9.17, 15) is 14.4 Å². The number of aliphatic hydroxyl groups excluding tert-OH is 1. The van der Waals surface area contributed by atoms with Crippen molar-refractivity contribution in [2.45, 2.75) is 50.6 Å². The van der Waals surface area contributed by atoms with Gasteiger partial charge in [-0.2, -0.15) is 0 Å². The maximum Gasteiger partial charge on any atom is 0.338 e. The van der Waals surface area contributed by atoms with Crippen LogP contribution in [-0.4, -0.2) is 80.0 Å². The van der Waals surface area contributed by atoms with Gasteiger partial charge in [-0.05, 0) is 80.5 Å². The number of piperidine rings is 1. The maximum atomic E-state index is 13.0. The van der Waals surface area contributed by atoms with E-state index in [1.807, 2.05) is 13.0 Å². The van der Waals surface area contributed by atoms with Gasteiger partial charge in [0.1, 0.15) is 5.75 Å². The molecule has 3 fully saturated rings. The van der Waals surface area contributed by atoms with E-state index in [1.54, 1.807) is 29.2 Å². The zero-order valence-corrected chi connectivity index (χ0v) is 23.2. The molecule has 3 N–H and O–H groups in total. The highest BCUT2D eigenvalue weighted by Gasteiger charge is 2.45. The van der Waals surface area contributed by atoms with Crippen LogP contribution in [0.4, 0.5) is 10.5 Å². The number of aliphatic hydroxyl groups is 1. The van der Waals surface area contributed by atoms with Crippen molar-refractivity contribution in [3.05, 3.63) is 58.7 Å². The van der Waals surface area contributed by atoms with Gasteiger partial charge in [-0.1, -0.05) is 0 Å². The number of nitrogens with zero attached hydrogens (tertiary/aromatic N) is 2. The first-order valence-electron chi connectivity index (χ1n) is 14.1. The molecule has 0 unspecified atom stereocenters. The molecule has 5 rings (SSSR count). The van der Waals surface area contributed by atoms with E-state index in [2.05, 4.69) is 21.6 Å². The van der Waals surface area contributed by atoms with Crippen LogP contribution in [0.1, 0.15) is 70.4 Å². The smallest absolute Gasteiger partial charge is 0.338 e. The van der Waals surface area contributed by atoms with Crippen molar-refractivity contribution in [1.82, 2.24) is 15.5 Å². The van der Waals surface area contributed by atoms with E-state index < -0.39 is 0 Å². The van der Waals surface area contributed by atoms with Gasteiger partial charge in [-0.15, -0.1) is 0 Å². The molecule has 0 bridgehead atoms. The molecule has 40 heavy (non-hydrogen) atoms. The Balaban J connectivity index is 1.24. The molecule has 2 saturated heterocycles. The van der Waals surface area contributed by atoms with Gasteiger partial charge in [0.25, 0.3) is 5.91 Å². The summed E-state index contributed by atoms with van der Waals surface area (Å²) in [4.78, 5) is 41.7. The molecule has 10 heteroatoms. The van der Waals surface area contributed by atoms with Crippen molar-refractivity contribution < 1.29 is 29.0 Å². The number of carbonyl (C=O) groups is 3. The Hall–Kier alpha value is -3.63. The molecule has 3 aliphatic rings. The number of hydrogen-bond donors (Lipinski definition) is 3. The second kappa shape index (κ2) is 11.9. The lowest BCUT2D eigenvalue weighted by Gasteiger charge is -2.39. The second-order valence-electron chi connectivity index (χ2n) is 10.8. The van der Waals surface area contributed by atoms with Crippen LogP contribution in [0.3, 0.4) is 0 Å². The Morgan fingerprint density at radius 3 is 2.50 bits per heavy atom. The van der Waals surface area contributed by atoms with Gasteiger partial charge in [0, 0.05) is 43.0 Å². The number of ether oxygens (including phenoxy) is 2. The quantitative estimate of drug-likeness (QED) is 0.389. The Kier molecular flexibility index (Phi) is 8.27. The molecule has 2 aromatic carbocycles. The molecule has 214 valence electrons. The minimum Gasteiger partial charge on any atom is -0.494 e. The fourth-order valence-corrected chi connectivity index (χ4v) is 5.72. The van der Waals surface area contributed by atoms with Crippen LogP contribution in [0.5, 0.6) is 5.75 Å². The largest absolute Gasteiger partial charge is 0.494 e. The summed E-state index contributed by atoms with van der Waals surface area (Å²) in [6.07, 6.45) is 3.80. The number of methoxy groups -OCH3 is 1. The number of urea groups is 1. The topological polar surface area (TPSA) is 120 Å². The van der Waals surface area contributed by atoms with Crippen LogP contribution < -0.4 is 20.3 Å². The van der Waals surface area contributed by atoms with E-state index >= 15 is 0 Å². The van der Waals surface area contributed by atoms with Crippen molar-refractivity contribution in [1.29, 1.82) is 0 Å². The number of benzene rings is 2. The van der Waals surface area contributed by atoms with E-state index in [0.29, 0.717) is 36.7 Å². The van der Waals surface area contributed by atoms with Gasteiger partial charge in [-0.25, -0.2) is 9.59 Å². The van der Waals surface area contributed by atoms with Crippen molar-refractivity contribution in [3.8, 4) is 5.75 Å². The van der Waals surface area contributed by atoms with Crippen LogP contribution in [0.15, 0.2) is 36.4 Å². The number of carbonyl (C=O) groups excluding carboxylic acids is 3. The molecule has 2 heterocycles. The van der Waals surface area contributed by atoms with Crippen molar-refractivity contribution in [3.63, 3.8) is 0 Å². The summed E-state index contributed by atoms with van der Waals surface area (Å²) in [5.41, 5.74) is 3.65. The fourth-order valence-electron chi connectivity index (χ4n) is 5.72. The zero-order valence-electron chi connectivity index (χ0n) is 23.2. The summed E-state index contributed by atoms with van der Waals surface area (Å²) in [6, 6.07) is 10.8. The third-order valence-electron chi connectivity index (χ3n) is 8.08. The van der Waals surface area contributed by atoms with Crippen LogP contribution in [0.2, 0.25) is 0 Å². The van der Waals surface area contributed by atoms with Crippen LogP contribution in [0.25, 0.3) is 0 Å². The molecule has 2 aromatic rings. The van der Waals surface area contributed by atoms with Gasteiger partial charge < -0.3 is 25.2 Å². The molecule has 1 spiro atoms. The lowest BCUT2D eigenvalue weighted by atomic mass is 9.88. The highest BCUT2D eigenvalue weighted by molar-refractivity contribution is 5.97. The summed E-state index contributed by atoms with van der Waals surface area (Å²) < 4.78 is 11.0. The van der Waals surface area contributed by atoms with Gasteiger partial charge in [-0.3, -0.25) is 14.6 Å². The van der Waals surface area contributed by atoms with Crippen LogP contribution >= 0.6 is 0 Å². The Bertz CT molecular complexity index is 1250. The molecule has 0 radical (unpaired) electrons. The average Bonchev–Trinajstić information content (AvgIpc) is 3.77. The van der Waals surface area contributed by atoms with E-state index in [0.717, 1.165) is 61.3 Å². The Morgan fingerprint density at radius 1 is 1.15 bits per heavy atom. The third kappa shape index (κ3) is 5.93. The molecule has 10 nitrogen and oxygen atoms in total. The normalized spacial score (nSPS) is 18.5. The van der Waals surface area contributed by atoms with Gasteiger partial charge >= 0.3 is 12.0 Å². The standard InChI is InChI=1S/C30H38N4O6/c1-3-40-26-17-25(28(37)39-2)24(20-4-5-20)16-22(26)18-33-13-10-30(11-14-33)19-34(29(38)32-30)23-8-6-21(7-9-23)27(36)31-12-15-35/h6-9,16-17,20,35H,3-5,10-15,18-19H2,1-2H3,(H,31,36)(H,32,38). The van der Waals surface area contributed by atoms with Crippen molar-refractivity contribution in [2.75, 3.05) is 51.4 Å². The van der Waals surface area contributed by atoms with Crippen molar-refractivity contribution >= 4 is 23.6 Å². The van der Waals surface area contributed by atoms with Crippen molar-refractivity contribution in [2.24, 2.45) is 0 Å². The first-order valence-corrected chi connectivity index (χ1v) is 14.1. The predicted octanol–water partition coefficient (Wildman–Crippen LogP) is 3.04. The maximum absolute atomic E-state index is 13.0. The minimum absolute atomic E-state index is 0.117.